The first-order chi connectivity index (χ1) is 10.2. The monoisotopic (exact) mass is 361 g/mol. The topological polar surface area (TPSA) is 54.0 Å². The Morgan fingerprint density at radius 3 is 2.50 bits per heavy atom. The molecule has 0 unspecified atom stereocenters. The van der Waals surface area contributed by atoms with Gasteiger partial charge in [-0.15, -0.1) is 0 Å². The Morgan fingerprint density at radius 1 is 1.14 bits per heavy atom. The molecule has 0 aliphatic rings. The SMILES string of the molecule is Cc1ccc(NC(=O)c2cc(NC(C)(C)C)ccn2)cc1Br. The van der Waals surface area contributed by atoms with E-state index in [1.807, 2.05) is 31.2 Å². The van der Waals surface area contributed by atoms with E-state index >= 15 is 0 Å². The molecule has 0 saturated heterocycles. The molecule has 0 atom stereocenters. The number of nitrogens with one attached hydrogen (secondary N) is 2. The van der Waals surface area contributed by atoms with E-state index in [2.05, 4.69) is 52.3 Å². The fourth-order valence-corrected chi connectivity index (χ4v) is 2.31. The van der Waals surface area contributed by atoms with Gasteiger partial charge in [0.05, 0.1) is 0 Å². The van der Waals surface area contributed by atoms with Crippen LogP contribution in [0.15, 0.2) is 41.0 Å². The van der Waals surface area contributed by atoms with E-state index in [0.717, 1.165) is 21.4 Å². The molecule has 22 heavy (non-hydrogen) atoms. The van der Waals surface area contributed by atoms with Crippen molar-refractivity contribution in [1.82, 2.24) is 4.98 Å². The van der Waals surface area contributed by atoms with Crippen LogP contribution in [0.5, 0.6) is 0 Å². The lowest BCUT2D eigenvalue weighted by molar-refractivity contribution is 0.102. The first-order valence-corrected chi connectivity index (χ1v) is 7.86. The number of hydrogen-bond donors (Lipinski definition) is 2. The van der Waals surface area contributed by atoms with Crippen molar-refractivity contribution >= 4 is 33.2 Å². The molecule has 1 aromatic carbocycles. The van der Waals surface area contributed by atoms with Crippen molar-refractivity contribution in [2.24, 2.45) is 0 Å². The van der Waals surface area contributed by atoms with Gasteiger partial charge in [0.2, 0.25) is 0 Å². The van der Waals surface area contributed by atoms with E-state index in [1.54, 1.807) is 12.3 Å². The molecule has 0 bridgehead atoms. The number of pyridine rings is 1. The Labute approximate surface area is 139 Å². The molecule has 0 fully saturated rings. The van der Waals surface area contributed by atoms with Gasteiger partial charge in [-0.2, -0.15) is 0 Å². The van der Waals surface area contributed by atoms with E-state index < -0.39 is 0 Å². The van der Waals surface area contributed by atoms with Crippen molar-refractivity contribution in [3.63, 3.8) is 0 Å². The van der Waals surface area contributed by atoms with Gasteiger partial charge < -0.3 is 10.6 Å². The highest BCUT2D eigenvalue weighted by molar-refractivity contribution is 9.10. The van der Waals surface area contributed by atoms with Crippen LogP contribution in [0, 0.1) is 6.92 Å². The molecule has 4 nitrogen and oxygen atoms in total. The summed E-state index contributed by atoms with van der Waals surface area (Å²) in [5, 5.41) is 6.19. The zero-order chi connectivity index (χ0) is 16.3. The maximum absolute atomic E-state index is 12.3. The smallest absolute Gasteiger partial charge is 0.274 e. The van der Waals surface area contributed by atoms with Crippen LogP contribution in [0.2, 0.25) is 0 Å². The largest absolute Gasteiger partial charge is 0.380 e. The molecule has 116 valence electrons. The fourth-order valence-electron chi connectivity index (χ4n) is 1.93. The molecule has 2 N–H and O–H groups in total. The molecular formula is C17H20BrN3O. The number of nitrogens with zero attached hydrogens (tertiary/aromatic N) is 1. The van der Waals surface area contributed by atoms with Crippen LogP contribution in [-0.4, -0.2) is 16.4 Å². The van der Waals surface area contributed by atoms with Crippen molar-refractivity contribution in [1.29, 1.82) is 0 Å². The van der Waals surface area contributed by atoms with Crippen molar-refractivity contribution in [3.8, 4) is 0 Å². The molecule has 2 rings (SSSR count). The second-order valence-electron chi connectivity index (χ2n) is 6.22. The molecule has 5 heteroatoms. The number of carbonyl (C=O) groups excluding carboxylic acids is 1. The zero-order valence-electron chi connectivity index (χ0n) is 13.2. The van der Waals surface area contributed by atoms with E-state index in [-0.39, 0.29) is 11.4 Å². The standard InChI is InChI=1S/C17H20BrN3O/c1-11-5-6-12(9-14(11)18)20-16(22)15-10-13(7-8-19-15)21-17(2,3)4/h5-10H,1-4H3,(H,19,21)(H,20,22). The second kappa shape index (κ2) is 6.48. The maximum atomic E-state index is 12.3. The quantitative estimate of drug-likeness (QED) is 0.838. The van der Waals surface area contributed by atoms with Crippen LogP contribution in [0.1, 0.15) is 36.8 Å². The Kier molecular flexibility index (Phi) is 4.86. The normalized spacial score (nSPS) is 11.1. The van der Waals surface area contributed by atoms with Crippen LogP contribution in [-0.2, 0) is 0 Å². The summed E-state index contributed by atoms with van der Waals surface area (Å²) in [6, 6.07) is 9.30. The number of hydrogen-bond acceptors (Lipinski definition) is 3. The number of carbonyl (C=O) groups is 1. The third kappa shape index (κ3) is 4.56. The lowest BCUT2D eigenvalue weighted by Gasteiger charge is -2.22. The van der Waals surface area contributed by atoms with Crippen molar-refractivity contribution in [2.75, 3.05) is 10.6 Å². The maximum Gasteiger partial charge on any atom is 0.274 e. The van der Waals surface area contributed by atoms with Crippen molar-refractivity contribution < 1.29 is 4.79 Å². The lowest BCUT2D eigenvalue weighted by Crippen LogP contribution is -2.26. The second-order valence-corrected chi connectivity index (χ2v) is 7.08. The molecule has 0 saturated carbocycles. The molecular weight excluding hydrogens is 342 g/mol. The summed E-state index contributed by atoms with van der Waals surface area (Å²) in [6.07, 6.45) is 1.63. The van der Waals surface area contributed by atoms with Crippen LogP contribution < -0.4 is 10.6 Å². The van der Waals surface area contributed by atoms with Gasteiger partial charge in [0.15, 0.2) is 0 Å². The third-order valence-electron chi connectivity index (χ3n) is 2.94. The predicted molar refractivity (Wildman–Crippen MR) is 94.4 cm³/mol. The fraction of sp³-hybridized carbons (Fsp3) is 0.294. The van der Waals surface area contributed by atoms with Crippen molar-refractivity contribution in [2.45, 2.75) is 33.2 Å². The average molecular weight is 362 g/mol. The summed E-state index contributed by atoms with van der Waals surface area (Å²) in [5.74, 6) is -0.228. The molecule has 0 spiro atoms. The summed E-state index contributed by atoms with van der Waals surface area (Å²) >= 11 is 3.46. The molecule has 1 aromatic heterocycles. The molecule has 1 heterocycles. The summed E-state index contributed by atoms with van der Waals surface area (Å²) < 4.78 is 0.960. The molecule has 0 radical (unpaired) electrons. The van der Waals surface area contributed by atoms with Crippen LogP contribution in [0.4, 0.5) is 11.4 Å². The Balaban J connectivity index is 2.15. The van der Waals surface area contributed by atoms with E-state index in [4.69, 9.17) is 0 Å². The van der Waals surface area contributed by atoms with Gasteiger partial charge in [0.25, 0.3) is 5.91 Å². The minimum Gasteiger partial charge on any atom is -0.380 e. The van der Waals surface area contributed by atoms with E-state index in [1.165, 1.54) is 0 Å². The highest BCUT2D eigenvalue weighted by Crippen LogP contribution is 2.21. The number of amides is 1. The van der Waals surface area contributed by atoms with Gasteiger partial charge in [-0.3, -0.25) is 9.78 Å². The number of anilines is 2. The third-order valence-corrected chi connectivity index (χ3v) is 3.80. The number of aryl methyl sites for hydroxylation is 1. The summed E-state index contributed by atoms with van der Waals surface area (Å²) in [4.78, 5) is 16.5. The predicted octanol–water partition coefficient (Wildman–Crippen LogP) is 4.62. The van der Waals surface area contributed by atoms with E-state index in [0.29, 0.717) is 5.69 Å². The Bertz CT molecular complexity index is 693. The average Bonchev–Trinajstić information content (AvgIpc) is 2.41. The van der Waals surface area contributed by atoms with Gasteiger partial charge >= 0.3 is 0 Å². The summed E-state index contributed by atoms with van der Waals surface area (Å²) in [5.41, 5.74) is 3.03. The molecule has 1 amide bonds. The minimum absolute atomic E-state index is 0.0725. The van der Waals surface area contributed by atoms with Crippen LogP contribution in [0.3, 0.4) is 0 Å². The highest BCUT2D eigenvalue weighted by Gasteiger charge is 2.13. The number of aromatic nitrogens is 1. The van der Waals surface area contributed by atoms with Crippen molar-refractivity contribution in [3.05, 3.63) is 52.3 Å². The Morgan fingerprint density at radius 2 is 1.86 bits per heavy atom. The first kappa shape index (κ1) is 16.5. The number of rotatable bonds is 3. The molecule has 0 aliphatic heterocycles. The molecule has 2 aromatic rings. The van der Waals surface area contributed by atoms with Gasteiger partial charge in [-0.1, -0.05) is 22.0 Å². The minimum atomic E-state index is -0.228. The van der Waals surface area contributed by atoms with E-state index in [9.17, 15) is 4.79 Å². The lowest BCUT2D eigenvalue weighted by atomic mass is 10.1. The highest BCUT2D eigenvalue weighted by atomic mass is 79.9. The molecule has 0 aliphatic carbocycles. The first-order valence-electron chi connectivity index (χ1n) is 7.06. The van der Waals surface area contributed by atoms with Crippen LogP contribution >= 0.6 is 15.9 Å². The van der Waals surface area contributed by atoms with Gasteiger partial charge in [0.1, 0.15) is 5.69 Å². The van der Waals surface area contributed by atoms with Gasteiger partial charge in [-0.25, -0.2) is 0 Å². The zero-order valence-corrected chi connectivity index (χ0v) is 14.8. The Hall–Kier alpha value is -1.88. The summed E-state index contributed by atoms with van der Waals surface area (Å²) in [6.45, 7) is 8.20. The van der Waals surface area contributed by atoms with Crippen LogP contribution in [0.25, 0.3) is 0 Å². The summed E-state index contributed by atoms with van der Waals surface area (Å²) in [7, 11) is 0. The van der Waals surface area contributed by atoms with Gasteiger partial charge in [-0.05, 0) is 57.5 Å². The van der Waals surface area contributed by atoms with Gasteiger partial charge in [0, 0.05) is 27.6 Å². The number of benzene rings is 1. The number of halogens is 1.